The van der Waals surface area contributed by atoms with E-state index in [0.717, 1.165) is 28.7 Å². The number of hydrogen-bond donors (Lipinski definition) is 2. The van der Waals surface area contributed by atoms with Gasteiger partial charge in [0.25, 0.3) is 0 Å². The van der Waals surface area contributed by atoms with Crippen LogP contribution in [0.5, 0.6) is 5.75 Å². The molecule has 1 aromatic rings. The predicted molar refractivity (Wildman–Crippen MR) is 90.9 cm³/mol. The van der Waals surface area contributed by atoms with Crippen LogP contribution in [0.1, 0.15) is 70.7 Å². The van der Waals surface area contributed by atoms with E-state index >= 15 is 0 Å². The molecule has 0 bridgehead atoms. The van der Waals surface area contributed by atoms with Crippen molar-refractivity contribution in [3.8, 4) is 5.75 Å². The van der Waals surface area contributed by atoms with E-state index in [0.29, 0.717) is 5.75 Å². The van der Waals surface area contributed by atoms with Crippen molar-refractivity contribution in [2.45, 2.75) is 72.3 Å². The summed E-state index contributed by atoms with van der Waals surface area (Å²) in [5.41, 5.74) is 3.17. The lowest BCUT2D eigenvalue weighted by atomic mass is 9.75. The van der Waals surface area contributed by atoms with Gasteiger partial charge in [-0.3, -0.25) is 4.57 Å². The highest BCUT2D eigenvalue weighted by Crippen LogP contribution is 2.43. The molecular weight excluding hydrogens is 299 g/mol. The summed E-state index contributed by atoms with van der Waals surface area (Å²) in [5.74, 6) is 0.331. The van der Waals surface area contributed by atoms with Crippen molar-refractivity contribution >= 4 is 8.25 Å². The molecule has 0 fully saturated rings. The lowest BCUT2D eigenvalue weighted by Crippen LogP contribution is -2.21. The van der Waals surface area contributed by atoms with Gasteiger partial charge in [-0.2, -0.15) is 0 Å². The number of aromatic hydroxyl groups is 1. The number of hydrogen-bond acceptors (Lipinski definition) is 3. The van der Waals surface area contributed by atoms with Gasteiger partial charge in [-0.15, -0.1) is 0 Å². The molecule has 0 heterocycles. The lowest BCUT2D eigenvalue weighted by Gasteiger charge is -2.31. The summed E-state index contributed by atoms with van der Waals surface area (Å²) in [6.45, 7) is 14.4. The van der Waals surface area contributed by atoms with Crippen LogP contribution in [0, 0.1) is 0 Å². The first kappa shape index (κ1) is 19.2. The molecule has 0 radical (unpaired) electrons. The molecule has 0 aromatic heterocycles. The van der Waals surface area contributed by atoms with Gasteiger partial charge >= 0.3 is 8.25 Å². The maximum Gasteiger partial charge on any atom is 0.316 e. The van der Waals surface area contributed by atoms with Crippen LogP contribution in [0.2, 0.25) is 0 Å². The predicted octanol–water partition coefficient (Wildman–Crippen LogP) is 4.45. The Morgan fingerprint density at radius 3 is 2.05 bits per heavy atom. The van der Waals surface area contributed by atoms with Crippen LogP contribution >= 0.6 is 8.25 Å². The first-order chi connectivity index (χ1) is 9.89. The average molecular weight is 328 g/mol. The van der Waals surface area contributed by atoms with E-state index in [1.165, 1.54) is 0 Å². The third-order valence-electron chi connectivity index (χ3n) is 3.76. The van der Waals surface area contributed by atoms with E-state index in [9.17, 15) is 9.67 Å². The lowest BCUT2D eigenvalue weighted by molar-refractivity contribution is 0.271. The van der Waals surface area contributed by atoms with Gasteiger partial charge in [-0.05, 0) is 40.0 Å². The van der Waals surface area contributed by atoms with Crippen LogP contribution < -0.4 is 0 Å². The van der Waals surface area contributed by atoms with Gasteiger partial charge in [0.2, 0.25) is 0 Å². The summed E-state index contributed by atoms with van der Waals surface area (Å²) in [7, 11) is -2.97. The molecule has 0 aliphatic heterocycles. The molecule has 1 unspecified atom stereocenters. The minimum Gasteiger partial charge on any atom is -0.507 e. The largest absolute Gasteiger partial charge is 0.507 e. The zero-order chi connectivity index (χ0) is 17.3. The SMILES string of the molecule is CCc1c(CO[PH](=O)O)cc(C(C)(C)C)c(O)c1C(C)(C)C. The standard InChI is InChI=1S/C17H29O4P/c1-8-12-11(10-21-22(19)20)9-13(16(2,3)4)15(18)14(12)17(5,6)7/h9,18,22H,8,10H2,1-7H3,(H,19,20). The van der Waals surface area contributed by atoms with Crippen LogP contribution in [-0.2, 0) is 32.9 Å². The molecule has 0 spiro atoms. The van der Waals surface area contributed by atoms with Crippen molar-refractivity contribution in [2.75, 3.05) is 0 Å². The van der Waals surface area contributed by atoms with Crippen molar-refractivity contribution in [1.29, 1.82) is 0 Å². The fraction of sp³-hybridized carbons (Fsp3) is 0.647. The van der Waals surface area contributed by atoms with Crippen LogP contribution in [0.3, 0.4) is 0 Å². The monoisotopic (exact) mass is 328 g/mol. The normalized spacial score (nSPS) is 14.2. The Labute approximate surface area is 134 Å². The molecular formula is C17H29O4P. The Morgan fingerprint density at radius 1 is 1.14 bits per heavy atom. The van der Waals surface area contributed by atoms with Gasteiger partial charge in [0.05, 0.1) is 6.61 Å². The Hall–Kier alpha value is -0.830. The highest BCUT2D eigenvalue weighted by atomic mass is 31.1. The Balaban J connectivity index is 3.66. The van der Waals surface area contributed by atoms with Crippen molar-refractivity contribution in [3.63, 3.8) is 0 Å². The minimum atomic E-state index is -2.97. The Bertz CT molecular complexity index is 565. The summed E-state index contributed by atoms with van der Waals surface area (Å²) >= 11 is 0. The molecule has 0 saturated heterocycles. The van der Waals surface area contributed by atoms with Gasteiger partial charge in [-0.1, -0.05) is 48.5 Å². The van der Waals surface area contributed by atoms with E-state index in [1.807, 2.05) is 33.8 Å². The number of rotatable bonds is 4. The maximum atomic E-state index is 10.9. The second-order valence-electron chi connectivity index (χ2n) is 7.69. The molecule has 2 N–H and O–H groups in total. The summed E-state index contributed by atoms with van der Waals surface area (Å²) in [6.07, 6.45) is 0.732. The average Bonchev–Trinajstić information content (AvgIpc) is 2.33. The smallest absolute Gasteiger partial charge is 0.316 e. The third-order valence-corrected chi connectivity index (χ3v) is 4.15. The molecule has 0 saturated carbocycles. The highest BCUT2D eigenvalue weighted by Gasteiger charge is 2.29. The van der Waals surface area contributed by atoms with Crippen molar-refractivity contribution < 1.29 is 19.1 Å². The number of phenols is 1. The van der Waals surface area contributed by atoms with E-state index in [-0.39, 0.29) is 17.4 Å². The Morgan fingerprint density at radius 2 is 1.68 bits per heavy atom. The minimum absolute atomic E-state index is 0.0872. The van der Waals surface area contributed by atoms with Crippen LogP contribution in [-0.4, -0.2) is 10.00 Å². The molecule has 4 nitrogen and oxygen atoms in total. The quantitative estimate of drug-likeness (QED) is 0.801. The van der Waals surface area contributed by atoms with Crippen molar-refractivity contribution in [1.82, 2.24) is 0 Å². The first-order valence-electron chi connectivity index (χ1n) is 7.64. The molecule has 1 aromatic carbocycles. The second kappa shape index (κ2) is 6.74. The number of benzene rings is 1. The van der Waals surface area contributed by atoms with Crippen LogP contribution in [0.25, 0.3) is 0 Å². The molecule has 0 aliphatic rings. The van der Waals surface area contributed by atoms with Gasteiger partial charge < -0.3 is 14.5 Å². The molecule has 1 rings (SSSR count). The molecule has 126 valence electrons. The summed E-state index contributed by atoms with van der Waals surface area (Å²) in [5, 5.41) is 10.8. The molecule has 1 atom stereocenters. The number of phenolic OH excluding ortho intramolecular Hbond substituents is 1. The van der Waals surface area contributed by atoms with Gasteiger partial charge in [0, 0.05) is 5.56 Å². The van der Waals surface area contributed by atoms with E-state index in [4.69, 9.17) is 9.42 Å². The molecule has 0 aliphatic carbocycles. The second-order valence-corrected chi connectivity index (χ2v) is 8.51. The van der Waals surface area contributed by atoms with E-state index in [2.05, 4.69) is 20.8 Å². The van der Waals surface area contributed by atoms with Crippen molar-refractivity contribution in [2.24, 2.45) is 0 Å². The highest BCUT2D eigenvalue weighted by molar-refractivity contribution is 7.32. The third kappa shape index (κ3) is 4.34. The molecule has 5 heteroatoms. The van der Waals surface area contributed by atoms with Gasteiger partial charge in [0.15, 0.2) is 0 Å². The van der Waals surface area contributed by atoms with Crippen LogP contribution in [0.15, 0.2) is 6.07 Å². The molecule has 22 heavy (non-hydrogen) atoms. The summed E-state index contributed by atoms with van der Waals surface area (Å²) in [6, 6.07) is 1.91. The molecule has 0 amide bonds. The Kier molecular flexibility index (Phi) is 5.88. The van der Waals surface area contributed by atoms with Gasteiger partial charge in [0.1, 0.15) is 5.75 Å². The zero-order valence-electron chi connectivity index (χ0n) is 14.7. The van der Waals surface area contributed by atoms with Crippen molar-refractivity contribution in [3.05, 3.63) is 28.3 Å². The van der Waals surface area contributed by atoms with Gasteiger partial charge in [-0.25, -0.2) is 0 Å². The zero-order valence-corrected chi connectivity index (χ0v) is 15.7. The van der Waals surface area contributed by atoms with Crippen LogP contribution in [0.4, 0.5) is 0 Å². The topological polar surface area (TPSA) is 66.8 Å². The summed E-state index contributed by atoms with van der Waals surface area (Å²) in [4.78, 5) is 8.96. The first-order valence-corrected chi connectivity index (χ1v) is 8.90. The summed E-state index contributed by atoms with van der Waals surface area (Å²) < 4.78 is 15.9. The fourth-order valence-corrected chi connectivity index (χ4v) is 3.10. The van der Waals surface area contributed by atoms with E-state index < -0.39 is 8.25 Å². The maximum absolute atomic E-state index is 10.9. The van der Waals surface area contributed by atoms with E-state index in [1.54, 1.807) is 0 Å². The fourth-order valence-electron chi connectivity index (χ4n) is 2.82.